The minimum absolute atomic E-state index is 0.134. The van der Waals surface area contributed by atoms with Crippen LogP contribution in [-0.2, 0) is 16.0 Å². The first kappa shape index (κ1) is 17.9. The molecule has 5 rings (SSSR count). The number of imide groups is 1. The molecule has 3 amide bonds. The molecule has 1 N–H and O–H groups in total. The van der Waals surface area contributed by atoms with Crippen molar-refractivity contribution in [2.24, 2.45) is 23.7 Å². The van der Waals surface area contributed by atoms with Gasteiger partial charge in [-0.15, -0.1) is 0 Å². The summed E-state index contributed by atoms with van der Waals surface area (Å²) in [5.74, 6) is -0.671. The van der Waals surface area contributed by atoms with Crippen molar-refractivity contribution < 1.29 is 14.4 Å². The zero-order chi connectivity index (χ0) is 20.1. The van der Waals surface area contributed by atoms with Crippen LogP contribution in [0, 0.1) is 23.7 Å². The highest BCUT2D eigenvalue weighted by molar-refractivity contribution is 6.23. The van der Waals surface area contributed by atoms with Crippen molar-refractivity contribution >= 4 is 29.1 Å². The van der Waals surface area contributed by atoms with Gasteiger partial charge in [0.15, 0.2) is 0 Å². The summed E-state index contributed by atoms with van der Waals surface area (Å²) in [4.78, 5) is 40.1. The number of carbonyl (C=O) groups excluding carboxylic acids is 3. The van der Waals surface area contributed by atoms with Crippen molar-refractivity contribution in [2.75, 3.05) is 10.2 Å². The van der Waals surface area contributed by atoms with Gasteiger partial charge in [-0.05, 0) is 54.5 Å². The van der Waals surface area contributed by atoms with Crippen LogP contribution in [0.1, 0.15) is 29.3 Å². The summed E-state index contributed by atoms with van der Waals surface area (Å²) in [5, 5.41) is 2.94. The molecule has 29 heavy (non-hydrogen) atoms. The zero-order valence-electron chi connectivity index (χ0n) is 16.2. The fourth-order valence-corrected chi connectivity index (χ4v) is 5.09. The summed E-state index contributed by atoms with van der Waals surface area (Å²) < 4.78 is 0. The van der Waals surface area contributed by atoms with Gasteiger partial charge >= 0.3 is 0 Å². The maximum atomic E-state index is 13.0. The van der Waals surface area contributed by atoms with Gasteiger partial charge in [0.2, 0.25) is 11.8 Å². The monoisotopic (exact) mass is 386 g/mol. The lowest BCUT2D eigenvalue weighted by atomic mass is 9.85. The maximum absolute atomic E-state index is 13.0. The van der Waals surface area contributed by atoms with Crippen molar-refractivity contribution in [2.45, 2.75) is 19.8 Å². The SMILES string of the molecule is CCc1ccccc1NC(=O)c1cccc(N2C(=O)[C@@H]3[C@H](C2=O)[C@@H]2C=C[C@H]3C2)c1. The van der Waals surface area contributed by atoms with E-state index in [4.69, 9.17) is 0 Å². The lowest BCUT2D eigenvalue weighted by molar-refractivity contribution is -0.123. The number of amides is 3. The number of hydrogen-bond acceptors (Lipinski definition) is 3. The number of benzene rings is 2. The van der Waals surface area contributed by atoms with Gasteiger partial charge in [-0.3, -0.25) is 14.4 Å². The predicted octanol–water partition coefficient (Wildman–Crippen LogP) is 3.81. The predicted molar refractivity (Wildman–Crippen MR) is 110 cm³/mol. The molecular weight excluding hydrogens is 364 g/mol. The maximum Gasteiger partial charge on any atom is 0.255 e. The fraction of sp³-hybridized carbons (Fsp3) is 0.292. The van der Waals surface area contributed by atoms with Crippen LogP contribution in [0.25, 0.3) is 0 Å². The third-order valence-electron chi connectivity index (χ3n) is 6.48. The van der Waals surface area contributed by atoms with Crippen molar-refractivity contribution in [1.29, 1.82) is 0 Å². The minimum atomic E-state index is -0.256. The molecule has 1 saturated heterocycles. The summed E-state index contributed by atoms with van der Waals surface area (Å²) in [6.45, 7) is 2.04. The van der Waals surface area contributed by atoms with Crippen LogP contribution >= 0.6 is 0 Å². The Morgan fingerprint density at radius 2 is 1.69 bits per heavy atom. The van der Waals surface area contributed by atoms with Gasteiger partial charge < -0.3 is 5.32 Å². The number of anilines is 2. The highest BCUT2D eigenvalue weighted by Crippen LogP contribution is 2.53. The molecule has 2 bridgehead atoms. The van der Waals surface area contributed by atoms with E-state index in [1.54, 1.807) is 24.3 Å². The number of aryl methyl sites for hydroxylation is 1. The number of carbonyl (C=O) groups is 3. The van der Waals surface area contributed by atoms with Crippen LogP contribution in [0.2, 0.25) is 0 Å². The Morgan fingerprint density at radius 3 is 2.38 bits per heavy atom. The summed E-state index contributed by atoms with van der Waals surface area (Å²) in [7, 11) is 0. The number of para-hydroxylation sites is 1. The van der Waals surface area contributed by atoms with Gasteiger partial charge in [0, 0.05) is 11.3 Å². The van der Waals surface area contributed by atoms with E-state index in [2.05, 4.69) is 17.5 Å². The highest BCUT2D eigenvalue weighted by atomic mass is 16.2. The summed E-state index contributed by atoms with van der Waals surface area (Å²) in [5.41, 5.74) is 2.73. The Labute approximate surface area is 169 Å². The van der Waals surface area contributed by atoms with Crippen LogP contribution in [0.3, 0.4) is 0 Å². The number of rotatable bonds is 4. The smallest absolute Gasteiger partial charge is 0.255 e. The second-order valence-corrected chi connectivity index (χ2v) is 8.03. The van der Waals surface area contributed by atoms with Crippen LogP contribution in [0.5, 0.6) is 0 Å². The molecule has 3 aliphatic rings. The number of nitrogens with one attached hydrogen (secondary N) is 1. The Bertz CT molecular complexity index is 1030. The average Bonchev–Trinajstić information content (AvgIpc) is 3.42. The molecule has 0 aromatic heterocycles. The van der Waals surface area contributed by atoms with Crippen molar-refractivity contribution in [1.82, 2.24) is 0 Å². The molecular formula is C24H22N2O3. The van der Waals surface area contributed by atoms with E-state index >= 15 is 0 Å². The standard InChI is InChI=1S/C24H22N2O3/c1-2-14-6-3-4-9-19(14)25-22(27)17-7-5-8-18(13-17)26-23(28)20-15-10-11-16(12-15)21(20)24(26)29/h3-11,13,15-16,20-21H,2,12H2,1H3,(H,25,27)/t15-,16+,20-,21+. The molecule has 2 aromatic rings. The molecule has 5 heteroatoms. The summed E-state index contributed by atoms with van der Waals surface area (Å²) >= 11 is 0. The Hall–Kier alpha value is -3.21. The Balaban J connectivity index is 1.41. The second-order valence-electron chi connectivity index (χ2n) is 8.03. The first-order chi connectivity index (χ1) is 14.1. The van der Waals surface area contributed by atoms with Gasteiger partial charge in [0.05, 0.1) is 17.5 Å². The van der Waals surface area contributed by atoms with Gasteiger partial charge in [-0.25, -0.2) is 4.90 Å². The van der Waals surface area contributed by atoms with Crippen molar-refractivity contribution in [3.63, 3.8) is 0 Å². The quantitative estimate of drug-likeness (QED) is 0.642. The highest BCUT2D eigenvalue weighted by Gasteiger charge is 2.59. The van der Waals surface area contributed by atoms with E-state index in [0.717, 1.165) is 24.1 Å². The van der Waals surface area contributed by atoms with E-state index in [1.165, 1.54) is 4.90 Å². The number of allylic oxidation sites excluding steroid dienone is 2. The van der Waals surface area contributed by atoms with Gasteiger partial charge in [0.25, 0.3) is 5.91 Å². The van der Waals surface area contributed by atoms with Gasteiger partial charge in [-0.1, -0.05) is 43.3 Å². The van der Waals surface area contributed by atoms with E-state index in [-0.39, 0.29) is 41.4 Å². The third kappa shape index (κ3) is 2.72. The molecule has 2 aromatic carbocycles. The van der Waals surface area contributed by atoms with Crippen LogP contribution < -0.4 is 10.2 Å². The van der Waals surface area contributed by atoms with Crippen molar-refractivity contribution in [3.8, 4) is 0 Å². The largest absolute Gasteiger partial charge is 0.322 e. The number of fused-ring (bicyclic) bond motifs is 5. The second kappa shape index (κ2) is 6.69. The summed E-state index contributed by atoms with van der Waals surface area (Å²) in [6, 6.07) is 14.5. The minimum Gasteiger partial charge on any atom is -0.322 e. The van der Waals surface area contributed by atoms with Gasteiger partial charge in [0.1, 0.15) is 0 Å². The molecule has 2 aliphatic carbocycles. The lowest BCUT2D eigenvalue weighted by Crippen LogP contribution is -2.33. The van der Waals surface area contributed by atoms with Crippen LogP contribution in [-0.4, -0.2) is 17.7 Å². The van der Waals surface area contributed by atoms with E-state index in [1.807, 2.05) is 31.2 Å². The molecule has 4 atom stereocenters. The Kier molecular flexibility index (Phi) is 4.12. The molecule has 146 valence electrons. The topological polar surface area (TPSA) is 66.5 Å². The van der Waals surface area contributed by atoms with E-state index < -0.39 is 0 Å². The number of nitrogens with zero attached hydrogens (tertiary/aromatic N) is 1. The van der Waals surface area contributed by atoms with Gasteiger partial charge in [-0.2, -0.15) is 0 Å². The zero-order valence-corrected chi connectivity index (χ0v) is 16.2. The van der Waals surface area contributed by atoms with Crippen molar-refractivity contribution in [3.05, 3.63) is 71.8 Å². The summed E-state index contributed by atoms with van der Waals surface area (Å²) in [6.07, 6.45) is 5.87. The van der Waals surface area contributed by atoms with E-state index in [0.29, 0.717) is 11.3 Å². The number of hydrogen-bond donors (Lipinski definition) is 1. The third-order valence-corrected chi connectivity index (χ3v) is 6.48. The normalized spacial score (nSPS) is 26.9. The van der Waals surface area contributed by atoms with Crippen LogP contribution in [0.15, 0.2) is 60.7 Å². The average molecular weight is 386 g/mol. The molecule has 1 saturated carbocycles. The molecule has 0 unspecified atom stereocenters. The molecule has 1 heterocycles. The van der Waals surface area contributed by atoms with Crippen LogP contribution in [0.4, 0.5) is 11.4 Å². The fourth-order valence-electron chi connectivity index (χ4n) is 5.09. The molecule has 0 spiro atoms. The first-order valence-corrected chi connectivity index (χ1v) is 10.1. The lowest BCUT2D eigenvalue weighted by Gasteiger charge is -2.18. The van der Waals surface area contributed by atoms with E-state index in [9.17, 15) is 14.4 Å². The molecule has 1 aliphatic heterocycles. The molecule has 0 radical (unpaired) electrons. The Morgan fingerprint density at radius 1 is 1.00 bits per heavy atom. The first-order valence-electron chi connectivity index (χ1n) is 10.1. The molecule has 5 nitrogen and oxygen atoms in total. The molecule has 2 fully saturated rings.